The van der Waals surface area contributed by atoms with Crippen LogP contribution in [0, 0.1) is 0 Å². The van der Waals surface area contributed by atoms with Gasteiger partial charge in [-0.25, -0.2) is 4.79 Å². The van der Waals surface area contributed by atoms with Crippen LogP contribution in [0.5, 0.6) is 0 Å². The molecule has 0 saturated carbocycles. The Balaban J connectivity index is 2.88. The van der Waals surface area contributed by atoms with Gasteiger partial charge in [-0.2, -0.15) is 0 Å². The van der Waals surface area contributed by atoms with Gasteiger partial charge < -0.3 is 10.0 Å². The predicted molar refractivity (Wildman–Crippen MR) is 65.0 cm³/mol. The molecule has 0 heterocycles. The zero-order chi connectivity index (χ0) is 12.8. The number of hydrogen-bond acceptors (Lipinski definition) is 2. The van der Waals surface area contributed by atoms with Crippen LogP contribution in [0.25, 0.3) is 0 Å². The van der Waals surface area contributed by atoms with Crippen LogP contribution < -0.4 is 0 Å². The zero-order valence-corrected chi connectivity index (χ0v) is 10.1. The maximum atomic E-state index is 11.9. The van der Waals surface area contributed by atoms with Gasteiger partial charge in [-0.1, -0.05) is 18.2 Å². The van der Waals surface area contributed by atoms with Gasteiger partial charge in [0.15, 0.2) is 0 Å². The van der Waals surface area contributed by atoms with Crippen molar-refractivity contribution in [3.8, 4) is 0 Å². The van der Waals surface area contributed by atoms with Crippen LogP contribution in [0.2, 0.25) is 0 Å². The molecule has 1 N–H and O–H groups in total. The van der Waals surface area contributed by atoms with E-state index in [9.17, 15) is 9.59 Å². The van der Waals surface area contributed by atoms with E-state index in [0.717, 1.165) is 0 Å². The summed E-state index contributed by atoms with van der Waals surface area (Å²) in [6.45, 7) is 5.10. The lowest BCUT2D eigenvalue weighted by molar-refractivity contribution is -0.130. The monoisotopic (exact) mass is 235 g/mol. The Morgan fingerprint density at radius 3 is 2.29 bits per heavy atom. The van der Waals surface area contributed by atoms with Gasteiger partial charge in [-0.3, -0.25) is 4.79 Å². The fraction of sp³-hybridized carbons (Fsp3) is 0.385. The minimum atomic E-state index is -0.993. The second-order valence-corrected chi connectivity index (χ2v) is 3.71. The normalized spacial score (nSPS) is 10.0. The number of hydrogen-bond donors (Lipinski definition) is 1. The molecule has 17 heavy (non-hydrogen) atoms. The molecule has 1 aromatic rings. The number of nitrogens with zero attached hydrogens (tertiary/aromatic N) is 1. The lowest BCUT2D eigenvalue weighted by Crippen LogP contribution is -2.32. The van der Waals surface area contributed by atoms with Crippen LogP contribution in [0.15, 0.2) is 24.3 Å². The first-order valence-electron chi connectivity index (χ1n) is 5.69. The molecule has 92 valence electrons. The van der Waals surface area contributed by atoms with Crippen molar-refractivity contribution < 1.29 is 14.7 Å². The fourth-order valence-corrected chi connectivity index (χ4v) is 1.73. The van der Waals surface area contributed by atoms with E-state index >= 15 is 0 Å². The van der Waals surface area contributed by atoms with Gasteiger partial charge in [0.2, 0.25) is 5.91 Å². The number of amides is 1. The molecule has 0 aliphatic carbocycles. The molecule has 0 atom stereocenters. The smallest absolute Gasteiger partial charge is 0.335 e. The number of benzene rings is 1. The third kappa shape index (κ3) is 3.31. The second-order valence-electron chi connectivity index (χ2n) is 3.71. The summed E-state index contributed by atoms with van der Waals surface area (Å²) < 4.78 is 0. The summed E-state index contributed by atoms with van der Waals surface area (Å²) in [6, 6.07) is 6.62. The molecular formula is C13H17NO3. The predicted octanol–water partition coefficient (Wildman–Crippen LogP) is 1.80. The molecule has 4 heteroatoms. The van der Waals surface area contributed by atoms with Crippen LogP contribution in [-0.4, -0.2) is 35.0 Å². The van der Waals surface area contributed by atoms with Crippen molar-refractivity contribution in [3.05, 3.63) is 35.4 Å². The van der Waals surface area contributed by atoms with Crippen molar-refractivity contribution in [3.63, 3.8) is 0 Å². The van der Waals surface area contributed by atoms with Crippen molar-refractivity contribution in [1.29, 1.82) is 0 Å². The van der Waals surface area contributed by atoms with E-state index in [0.29, 0.717) is 18.7 Å². The molecule has 0 spiro atoms. The van der Waals surface area contributed by atoms with Gasteiger partial charge in [0.1, 0.15) is 0 Å². The van der Waals surface area contributed by atoms with Crippen molar-refractivity contribution in [1.82, 2.24) is 4.90 Å². The summed E-state index contributed by atoms with van der Waals surface area (Å²) in [6.07, 6.45) is 0.143. The first-order valence-corrected chi connectivity index (χ1v) is 5.69. The van der Waals surface area contributed by atoms with Gasteiger partial charge in [0.25, 0.3) is 0 Å². The van der Waals surface area contributed by atoms with Gasteiger partial charge in [0.05, 0.1) is 12.0 Å². The van der Waals surface area contributed by atoms with Crippen molar-refractivity contribution in [2.45, 2.75) is 20.3 Å². The lowest BCUT2D eigenvalue weighted by Gasteiger charge is -2.19. The Kier molecular flexibility index (Phi) is 4.69. The first-order chi connectivity index (χ1) is 8.10. The molecule has 1 rings (SSSR count). The third-order valence-electron chi connectivity index (χ3n) is 2.71. The van der Waals surface area contributed by atoms with Crippen molar-refractivity contribution in [2.24, 2.45) is 0 Å². The molecule has 0 saturated heterocycles. The highest BCUT2D eigenvalue weighted by Crippen LogP contribution is 2.11. The molecule has 0 aromatic heterocycles. The van der Waals surface area contributed by atoms with Crippen molar-refractivity contribution >= 4 is 11.9 Å². The molecule has 0 unspecified atom stereocenters. The summed E-state index contributed by atoms with van der Waals surface area (Å²) in [4.78, 5) is 24.6. The molecule has 0 fully saturated rings. The Labute approximate surface area is 101 Å². The molecule has 4 nitrogen and oxygen atoms in total. The minimum absolute atomic E-state index is 0.0382. The Morgan fingerprint density at radius 1 is 1.18 bits per heavy atom. The highest BCUT2D eigenvalue weighted by atomic mass is 16.4. The Hall–Kier alpha value is -1.84. The maximum absolute atomic E-state index is 11.9. The van der Waals surface area contributed by atoms with E-state index in [1.165, 1.54) is 6.07 Å². The number of likely N-dealkylation sites (N-methyl/N-ethyl adjacent to an activating group) is 1. The first kappa shape index (κ1) is 13.2. The highest BCUT2D eigenvalue weighted by molar-refractivity contribution is 5.91. The molecule has 1 aromatic carbocycles. The number of carboxylic acid groups (broad SMARTS) is 1. The third-order valence-corrected chi connectivity index (χ3v) is 2.71. The molecule has 0 aliphatic heterocycles. The quantitative estimate of drug-likeness (QED) is 0.846. The van der Waals surface area contributed by atoms with Gasteiger partial charge in [-0.15, -0.1) is 0 Å². The van der Waals surface area contributed by atoms with Crippen LogP contribution in [0.4, 0.5) is 0 Å². The molecule has 0 radical (unpaired) electrons. The highest BCUT2D eigenvalue weighted by Gasteiger charge is 2.15. The van der Waals surface area contributed by atoms with E-state index in [1.54, 1.807) is 23.1 Å². The van der Waals surface area contributed by atoms with E-state index < -0.39 is 5.97 Å². The minimum Gasteiger partial charge on any atom is -0.478 e. The van der Waals surface area contributed by atoms with E-state index in [1.807, 2.05) is 13.8 Å². The number of carbonyl (C=O) groups excluding carboxylic acids is 1. The summed E-state index contributed by atoms with van der Waals surface area (Å²) in [5.41, 5.74) is 0.768. The fourth-order valence-electron chi connectivity index (χ4n) is 1.73. The van der Waals surface area contributed by atoms with Crippen LogP contribution in [0.3, 0.4) is 0 Å². The lowest BCUT2D eigenvalue weighted by atomic mass is 10.0. The van der Waals surface area contributed by atoms with Gasteiger partial charge in [-0.05, 0) is 25.5 Å². The molecule has 0 aliphatic rings. The largest absolute Gasteiger partial charge is 0.478 e. The molecule has 0 bridgehead atoms. The summed E-state index contributed by atoms with van der Waals surface area (Å²) in [7, 11) is 0. The summed E-state index contributed by atoms with van der Waals surface area (Å²) >= 11 is 0. The second kappa shape index (κ2) is 6.03. The standard InChI is InChI=1S/C13H17NO3/c1-3-14(4-2)12(15)9-10-7-5-6-8-11(10)13(16)17/h5-8H,3-4,9H2,1-2H3,(H,16,17). The van der Waals surface area contributed by atoms with Crippen molar-refractivity contribution in [2.75, 3.05) is 13.1 Å². The molecular weight excluding hydrogens is 218 g/mol. The molecule has 1 amide bonds. The van der Waals surface area contributed by atoms with Crippen LogP contribution >= 0.6 is 0 Å². The number of rotatable bonds is 5. The SMILES string of the molecule is CCN(CC)C(=O)Cc1ccccc1C(=O)O. The zero-order valence-electron chi connectivity index (χ0n) is 10.1. The average molecular weight is 235 g/mol. The number of carboxylic acids is 1. The summed E-state index contributed by atoms with van der Waals surface area (Å²) in [5.74, 6) is -1.03. The average Bonchev–Trinajstić information content (AvgIpc) is 2.31. The Bertz CT molecular complexity index is 411. The van der Waals surface area contributed by atoms with E-state index in [-0.39, 0.29) is 17.9 Å². The van der Waals surface area contributed by atoms with Gasteiger partial charge >= 0.3 is 5.97 Å². The van der Waals surface area contributed by atoms with E-state index in [4.69, 9.17) is 5.11 Å². The van der Waals surface area contributed by atoms with E-state index in [2.05, 4.69) is 0 Å². The maximum Gasteiger partial charge on any atom is 0.335 e. The topological polar surface area (TPSA) is 57.6 Å². The van der Waals surface area contributed by atoms with Crippen LogP contribution in [-0.2, 0) is 11.2 Å². The number of carbonyl (C=O) groups is 2. The van der Waals surface area contributed by atoms with Gasteiger partial charge in [0, 0.05) is 13.1 Å². The summed E-state index contributed by atoms with van der Waals surface area (Å²) in [5, 5.41) is 9.01. The number of aromatic carboxylic acids is 1. The van der Waals surface area contributed by atoms with Crippen LogP contribution in [0.1, 0.15) is 29.8 Å². The Morgan fingerprint density at radius 2 is 1.76 bits per heavy atom.